The predicted molar refractivity (Wildman–Crippen MR) is 186 cm³/mol. The Bertz CT molecular complexity index is 2130. The fraction of sp³-hybridized carbons (Fsp3) is 0.564. The zero-order chi connectivity index (χ0) is 34.1. The first-order chi connectivity index (χ1) is 24.2. The average Bonchev–Trinajstić information content (AvgIpc) is 3.98. The van der Waals surface area contributed by atoms with Gasteiger partial charge in [0.15, 0.2) is 5.88 Å². The summed E-state index contributed by atoms with van der Waals surface area (Å²) in [6, 6.07) is 12.6. The molecule has 6 aliphatic carbocycles. The number of nitriles is 1. The molecule has 4 aromatic rings. The van der Waals surface area contributed by atoms with Gasteiger partial charge in [-0.05, 0) is 107 Å². The summed E-state index contributed by atoms with van der Waals surface area (Å²) in [5, 5.41) is 13.7. The number of fused-ring (bicyclic) bond motifs is 4. The molecule has 0 aromatic carbocycles. The Morgan fingerprint density at radius 1 is 1.10 bits per heavy atom. The number of hydrogen-bond donors (Lipinski definition) is 2. The van der Waals surface area contributed by atoms with Crippen molar-refractivity contribution in [2.24, 2.45) is 28.4 Å². The van der Waals surface area contributed by atoms with Crippen LogP contribution in [-0.4, -0.2) is 61.4 Å². The molecule has 4 atom stereocenters. The number of piperidine rings is 1. The molecule has 0 spiro atoms. The fourth-order valence-electron chi connectivity index (χ4n) is 9.85. The highest BCUT2D eigenvalue weighted by molar-refractivity contribution is 5.96. The monoisotopic (exact) mass is 672 g/mol. The third kappa shape index (κ3) is 4.49. The van der Waals surface area contributed by atoms with Crippen molar-refractivity contribution in [3.05, 3.63) is 47.3 Å². The van der Waals surface area contributed by atoms with Gasteiger partial charge in [0.05, 0.1) is 47.1 Å². The maximum absolute atomic E-state index is 14.0. The molecular formula is C39H44N8O3. The molecule has 4 bridgehead atoms. The average molecular weight is 673 g/mol. The van der Waals surface area contributed by atoms with Crippen molar-refractivity contribution >= 4 is 28.5 Å². The molecular weight excluding hydrogens is 628 g/mol. The number of nitrogens with two attached hydrogens (primary N) is 1. The molecule has 11 heteroatoms. The van der Waals surface area contributed by atoms with Crippen molar-refractivity contribution in [1.29, 1.82) is 5.26 Å². The number of carbonyl (C=O) groups is 2. The summed E-state index contributed by atoms with van der Waals surface area (Å²) in [5.41, 5.74) is 12.0. The first kappa shape index (κ1) is 30.4. The van der Waals surface area contributed by atoms with Gasteiger partial charge in [-0.2, -0.15) is 5.26 Å². The minimum absolute atomic E-state index is 0.00325. The molecule has 7 fully saturated rings. The summed E-state index contributed by atoms with van der Waals surface area (Å²) in [7, 11) is 1.67. The van der Waals surface area contributed by atoms with Crippen LogP contribution < -0.4 is 15.8 Å². The van der Waals surface area contributed by atoms with Crippen molar-refractivity contribution in [3.8, 4) is 23.3 Å². The highest BCUT2D eigenvalue weighted by Crippen LogP contribution is 2.73. The van der Waals surface area contributed by atoms with Crippen LogP contribution in [0.3, 0.4) is 0 Å². The van der Waals surface area contributed by atoms with E-state index in [1.54, 1.807) is 7.11 Å². The number of aromatic nitrogens is 4. The van der Waals surface area contributed by atoms with Gasteiger partial charge in [0.1, 0.15) is 17.0 Å². The lowest BCUT2D eigenvalue weighted by Gasteiger charge is -2.65. The molecule has 11 nitrogen and oxygen atoms in total. The summed E-state index contributed by atoms with van der Waals surface area (Å²) >= 11 is 0. The summed E-state index contributed by atoms with van der Waals surface area (Å²) in [4.78, 5) is 39.8. The van der Waals surface area contributed by atoms with Crippen LogP contribution in [0.5, 0.6) is 5.88 Å². The molecule has 2 amide bonds. The summed E-state index contributed by atoms with van der Waals surface area (Å²) < 4.78 is 10.5. The number of carbonyl (C=O) groups excluding carboxylic acids is 2. The molecule has 50 heavy (non-hydrogen) atoms. The Morgan fingerprint density at radius 2 is 1.90 bits per heavy atom. The zero-order valence-corrected chi connectivity index (χ0v) is 28.8. The molecule has 6 saturated carbocycles. The van der Waals surface area contributed by atoms with Crippen LogP contribution in [0.15, 0.2) is 30.3 Å². The second-order valence-electron chi connectivity index (χ2n) is 16.6. The second-order valence-corrected chi connectivity index (χ2v) is 16.6. The number of methoxy groups -OCH3 is 1. The van der Waals surface area contributed by atoms with E-state index in [9.17, 15) is 14.9 Å². The minimum atomic E-state index is -0.374. The highest BCUT2D eigenvalue weighted by atomic mass is 16.5. The maximum atomic E-state index is 14.0. The molecule has 5 heterocycles. The molecule has 11 rings (SSSR count). The quantitative estimate of drug-likeness (QED) is 0.240. The van der Waals surface area contributed by atoms with Crippen LogP contribution in [0.2, 0.25) is 0 Å². The van der Waals surface area contributed by atoms with Gasteiger partial charge in [0, 0.05) is 48.1 Å². The van der Waals surface area contributed by atoms with E-state index < -0.39 is 0 Å². The van der Waals surface area contributed by atoms with Gasteiger partial charge in [-0.15, -0.1) is 0 Å². The number of imidazole rings is 1. The normalized spacial score (nSPS) is 30.1. The van der Waals surface area contributed by atoms with Crippen LogP contribution in [0.4, 0.5) is 0 Å². The highest BCUT2D eigenvalue weighted by Gasteiger charge is 2.72. The number of amides is 2. The van der Waals surface area contributed by atoms with Crippen LogP contribution in [0.1, 0.15) is 105 Å². The van der Waals surface area contributed by atoms with E-state index in [0.717, 1.165) is 78.1 Å². The number of pyridine rings is 2. The summed E-state index contributed by atoms with van der Waals surface area (Å²) in [5.74, 6) is 2.13. The van der Waals surface area contributed by atoms with Gasteiger partial charge in [0.2, 0.25) is 5.91 Å². The number of likely N-dealkylation sites (tertiary alicyclic amines) is 1. The third-order valence-corrected chi connectivity index (χ3v) is 13.0. The van der Waals surface area contributed by atoms with E-state index >= 15 is 0 Å². The molecule has 258 valence electrons. The van der Waals surface area contributed by atoms with Gasteiger partial charge in [0.25, 0.3) is 5.91 Å². The molecule has 0 radical (unpaired) electrons. The maximum Gasteiger partial charge on any atom is 0.254 e. The van der Waals surface area contributed by atoms with Gasteiger partial charge in [-0.3, -0.25) is 14.0 Å². The number of nitrogens with zero attached hydrogens (tertiary/aromatic N) is 6. The van der Waals surface area contributed by atoms with E-state index in [0.29, 0.717) is 55.0 Å². The Morgan fingerprint density at radius 3 is 2.62 bits per heavy atom. The van der Waals surface area contributed by atoms with Gasteiger partial charge in [-0.1, -0.05) is 0 Å². The SMILES string of the molecule is COc1cc(C(=O)N2C[C@H](N)[C@@H]3CC[C@H]2C3)cc2nc(-c3cc4ccc([C@@H](C)NC(=O)C56CC(C#N)(C5)C6)nc4n3CC3CC3)c(C3CC3)n12. The molecule has 3 N–H and O–H groups in total. The lowest BCUT2D eigenvalue weighted by Crippen LogP contribution is -2.67. The lowest BCUT2D eigenvalue weighted by molar-refractivity contribution is -0.185. The first-order valence-corrected chi connectivity index (χ1v) is 18.6. The van der Waals surface area contributed by atoms with Crippen LogP contribution in [0, 0.1) is 34.0 Å². The summed E-state index contributed by atoms with van der Waals surface area (Å²) in [6.45, 7) is 3.44. The van der Waals surface area contributed by atoms with Crippen LogP contribution in [-0.2, 0) is 11.3 Å². The van der Waals surface area contributed by atoms with E-state index in [2.05, 4.69) is 32.5 Å². The van der Waals surface area contributed by atoms with Gasteiger partial charge >= 0.3 is 0 Å². The van der Waals surface area contributed by atoms with Crippen LogP contribution >= 0.6 is 0 Å². The summed E-state index contributed by atoms with van der Waals surface area (Å²) in [6.07, 6.45) is 9.66. The van der Waals surface area contributed by atoms with Crippen molar-refractivity contribution in [1.82, 2.24) is 29.2 Å². The Labute approximate surface area is 291 Å². The predicted octanol–water partition coefficient (Wildman–Crippen LogP) is 5.47. The largest absolute Gasteiger partial charge is 0.482 e. The Kier molecular flexibility index (Phi) is 6.41. The minimum Gasteiger partial charge on any atom is -0.482 e. The number of rotatable bonds is 9. The molecule has 4 aromatic heterocycles. The first-order valence-electron chi connectivity index (χ1n) is 18.6. The van der Waals surface area contributed by atoms with Crippen molar-refractivity contribution in [2.75, 3.05) is 13.7 Å². The number of nitrogens with one attached hydrogen (secondary N) is 1. The number of hydrogen-bond acceptors (Lipinski definition) is 7. The van der Waals surface area contributed by atoms with Gasteiger partial charge < -0.3 is 25.3 Å². The van der Waals surface area contributed by atoms with Gasteiger partial charge in [-0.25, -0.2) is 9.97 Å². The van der Waals surface area contributed by atoms with Crippen LogP contribution in [0.25, 0.3) is 28.1 Å². The molecule has 7 aliphatic rings. The van der Waals surface area contributed by atoms with E-state index in [1.165, 1.54) is 12.8 Å². The van der Waals surface area contributed by atoms with Crippen molar-refractivity contribution < 1.29 is 14.3 Å². The fourth-order valence-corrected chi connectivity index (χ4v) is 9.85. The molecule has 1 aliphatic heterocycles. The lowest BCUT2D eigenvalue weighted by atomic mass is 9.35. The van der Waals surface area contributed by atoms with E-state index in [1.807, 2.05) is 30.0 Å². The second kappa shape index (κ2) is 10.5. The zero-order valence-electron chi connectivity index (χ0n) is 28.8. The molecule has 1 saturated heterocycles. The Hall–Kier alpha value is -4.43. The Balaban J connectivity index is 1.03. The third-order valence-electron chi connectivity index (χ3n) is 13.0. The van der Waals surface area contributed by atoms with E-state index in [4.69, 9.17) is 20.4 Å². The number of ether oxygens (including phenoxy) is 1. The topological polar surface area (TPSA) is 144 Å². The van der Waals surface area contributed by atoms with E-state index in [-0.39, 0.29) is 40.8 Å². The smallest absolute Gasteiger partial charge is 0.254 e. The van der Waals surface area contributed by atoms with Crippen molar-refractivity contribution in [2.45, 2.75) is 102 Å². The molecule has 0 unspecified atom stereocenters. The standard InChI is InChI=1S/C39H44N8O3/c1-21(42-37(49)39-17-38(18-39,19-39)20-40)29-10-8-25-12-30(46(35(25)43-29)15-22-3-4-22)33-34(23-5-6-23)47-31(44-33)13-26(14-32(47)50-2)36(48)45-16-28(41)24-7-9-27(45)11-24/h8,10,12-14,21-24,27-28H,3-7,9,11,15-19,41H2,1-2H3,(H,42,49)/t21-,24-,27+,28+,38?,39?/m1/s1. The van der Waals surface area contributed by atoms with Crippen molar-refractivity contribution in [3.63, 3.8) is 0 Å².